The van der Waals surface area contributed by atoms with Gasteiger partial charge in [0.1, 0.15) is 0 Å². The van der Waals surface area contributed by atoms with Crippen LogP contribution in [0.25, 0.3) is 0 Å². The fourth-order valence-corrected chi connectivity index (χ4v) is 2.40. The molecule has 2 N–H and O–H groups in total. The molecule has 0 saturated carbocycles. The first-order chi connectivity index (χ1) is 7.25. The van der Waals surface area contributed by atoms with E-state index in [0.717, 1.165) is 38.4 Å². The van der Waals surface area contributed by atoms with Gasteiger partial charge in [-0.3, -0.25) is 4.90 Å². The molecule has 82 valence electrons. The summed E-state index contributed by atoms with van der Waals surface area (Å²) in [7, 11) is -1.34. The van der Waals surface area contributed by atoms with Crippen molar-refractivity contribution < 1.29 is 14.8 Å². The Balaban J connectivity index is 1.91. The lowest BCUT2D eigenvalue weighted by molar-refractivity contribution is 0.0342. The van der Waals surface area contributed by atoms with Gasteiger partial charge in [-0.05, 0) is 17.0 Å². The molecule has 1 aliphatic rings. The molecule has 0 atom stereocenters. The zero-order valence-electron chi connectivity index (χ0n) is 8.43. The molecule has 6 heteroatoms. The van der Waals surface area contributed by atoms with Gasteiger partial charge in [0.2, 0.25) is 0 Å². The van der Waals surface area contributed by atoms with Crippen molar-refractivity contribution in [3.05, 3.63) is 17.0 Å². The van der Waals surface area contributed by atoms with Gasteiger partial charge in [-0.15, -0.1) is 0 Å². The maximum atomic E-state index is 8.98. The Bertz CT molecular complexity index is 312. The Morgan fingerprint density at radius 3 is 2.73 bits per heavy atom. The van der Waals surface area contributed by atoms with Gasteiger partial charge >= 0.3 is 7.12 Å². The molecule has 4 nitrogen and oxygen atoms in total. The van der Waals surface area contributed by atoms with Crippen LogP contribution in [0.1, 0.15) is 5.56 Å². The first kappa shape index (κ1) is 11.1. The Morgan fingerprint density at radius 2 is 2.13 bits per heavy atom. The van der Waals surface area contributed by atoms with Gasteiger partial charge < -0.3 is 14.8 Å². The smallest absolute Gasteiger partial charge is 0.423 e. The van der Waals surface area contributed by atoms with E-state index in [1.165, 1.54) is 11.3 Å². The highest BCUT2D eigenvalue weighted by Crippen LogP contribution is 2.09. The standard InChI is InChI=1S/C9H14BNO3S/c12-10(13)9-5-8(7-15-9)6-11-1-3-14-4-2-11/h5,7,12-13H,1-4,6H2. The molecule has 1 aromatic heterocycles. The van der Waals surface area contributed by atoms with Crippen LogP contribution in [-0.2, 0) is 11.3 Å². The van der Waals surface area contributed by atoms with Gasteiger partial charge in [0.05, 0.1) is 13.2 Å². The van der Waals surface area contributed by atoms with E-state index in [1.54, 1.807) is 0 Å². The summed E-state index contributed by atoms with van der Waals surface area (Å²) in [5, 5.41) is 19.9. The molecule has 1 aromatic rings. The zero-order chi connectivity index (χ0) is 10.7. The second-order valence-corrected chi connectivity index (χ2v) is 4.56. The molecule has 0 radical (unpaired) electrons. The summed E-state index contributed by atoms with van der Waals surface area (Å²) in [6.45, 7) is 4.35. The van der Waals surface area contributed by atoms with Crippen LogP contribution >= 0.6 is 11.3 Å². The molecule has 0 bridgehead atoms. The van der Waals surface area contributed by atoms with Crippen molar-refractivity contribution in [3.8, 4) is 0 Å². The lowest BCUT2D eigenvalue weighted by Crippen LogP contribution is -2.35. The van der Waals surface area contributed by atoms with E-state index in [0.29, 0.717) is 4.78 Å². The number of hydrogen-bond acceptors (Lipinski definition) is 5. The molecule has 0 aromatic carbocycles. The first-order valence-corrected chi connectivity index (χ1v) is 5.87. The number of thiophene rings is 1. The van der Waals surface area contributed by atoms with Gasteiger partial charge in [-0.1, -0.05) is 0 Å². The highest BCUT2D eigenvalue weighted by atomic mass is 32.1. The highest BCUT2D eigenvalue weighted by molar-refractivity contribution is 7.20. The van der Waals surface area contributed by atoms with Crippen molar-refractivity contribution in [2.75, 3.05) is 26.3 Å². The van der Waals surface area contributed by atoms with Crippen molar-refractivity contribution in [1.29, 1.82) is 0 Å². The van der Waals surface area contributed by atoms with Crippen molar-refractivity contribution in [1.82, 2.24) is 4.90 Å². The van der Waals surface area contributed by atoms with Crippen molar-refractivity contribution in [3.63, 3.8) is 0 Å². The minimum Gasteiger partial charge on any atom is -0.423 e. The van der Waals surface area contributed by atoms with Crippen LogP contribution in [0.2, 0.25) is 0 Å². The summed E-state index contributed by atoms with van der Waals surface area (Å²) in [5.41, 5.74) is 1.14. The minimum absolute atomic E-state index is 0.609. The lowest BCUT2D eigenvalue weighted by Gasteiger charge is -2.26. The van der Waals surface area contributed by atoms with Gasteiger partial charge in [0.25, 0.3) is 0 Å². The average molecular weight is 227 g/mol. The maximum absolute atomic E-state index is 8.98. The fraction of sp³-hybridized carbons (Fsp3) is 0.556. The third-order valence-corrected chi connectivity index (χ3v) is 3.46. The number of nitrogens with zero attached hydrogens (tertiary/aromatic N) is 1. The van der Waals surface area contributed by atoms with Crippen LogP contribution < -0.4 is 4.78 Å². The molecule has 1 aliphatic heterocycles. The Morgan fingerprint density at radius 1 is 1.40 bits per heavy atom. The molecule has 0 amide bonds. The topological polar surface area (TPSA) is 52.9 Å². The van der Waals surface area contributed by atoms with E-state index >= 15 is 0 Å². The normalized spacial score (nSPS) is 18.0. The summed E-state index contributed by atoms with van der Waals surface area (Å²) < 4.78 is 5.87. The molecule has 1 fully saturated rings. The fourth-order valence-electron chi connectivity index (χ4n) is 1.63. The second kappa shape index (κ2) is 5.09. The second-order valence-electron chi connectivity index (χ2n) is 3.62. The highest BCUT2D eigenvalue weighted by Gasteiger charge is 2.16. The maximum Gasteiger partial charge on any atom is 0.499 e. The monoisotopic (exact) mass is 227 g/mol. The molecular weight excluding hydrogens is 213 g/mol. The number of rotatable bonds is 3. The molecule has 1 saturated heterocycles. The molecular formula is C9H14BNO3S. The Hall–Kier alpha value is -0.395. The zero-order valence-corrected chi connectivity index (χ0v) is 9.24. The molecule has 2 heterocycles. The van der Waals surface area contributed by atoms with Crippen molar-refractivity contribution >= 4 is 23.2 Å². The number of ether oxygens (including phenoxy) is 1. The summed E-state index contributed by atoms with van der Waals surface area (Å²) in [6.07, 6.45) is 0. The summed E-state index contributed by atoms with van der Waals surface area (Å²) in [5.74, 6) is 0. The average Bonchev–Trinajstić information content (AvgIpc) is 2.68. The Labute approximate surface area is 93.2 Å². The van der Waals surface area contributed by atoms with Crippen LogP contribution in [0.15, 0.2) is 11.4 Å². The Kier molecular flexibility index (Phi) is 3.77. The van der Waals surface area contributed by atoms with E-state index in [4.69, 9.17) is 14.8 Å². The lowest BCUT2D eigenvalue weighted by atomic mass is 9.89. The summed E-state index contributed by atoms with van der Waals surface area (Å²) >= 11 is 1.39. The van der Waals surface area contributed by atoms with Crippen LogP contribution in [0.5, 0.6) is 0 Å². The number of morpholine rings is 1. The third-order valence-electron chi connectivity index (χ3n) is 2.44. The molecule has 0 unspecified atom stereocenters. The predicted molar refractivity (Wildman–Crippen MR) is 60.2 cm³/mol. The van der Waals surface area contributed by atoms with Crippen LogP contribution in [-0.4, -0.2) is 48.4 Å². The van der Waals surface area contributed by atoms with Crippen LogP contribution in [0.3, 0.4) is 0 Å². The number of hydrogen-bond donors (Lipinski definition) is 2. The van der Waals surface area contributed by atoms with Gasteiger partial charge in [-0.2, -0.15) is 11.3 Å². The van der Waals surface area contributed by atoms with Gasteiger partial charge in [0, 0.05) is 24.4 Å². The molecule has 2 rings (SSSR count). The SMILES string of the molecule is OB(O)c1cc(CN2CCOCC2)cs1. The summed E-state index contributed by atoms with van der Waals surface area (Å²) in [4.78, 5) is 2.30. The van der Waals surface area contributed by atoms with Crippen LogP contribution in [0, 0.1) is 0 Å². The molecule has 0 spiro atoms. The van der Waals surface area contributed by atoms with E-state index in [9.17, 15) is 0 Å². The van der Waals surface area contributed by atoms with Crippen LogP contribution in [0.4, 0.5) is 0 Å². The van der Waals surface area contributed by atoms with E-state index in [1.807, 2.05) is 11.4 Å². The third kappa shape index (κ3) is 3.03. The van der Waals surface area contributed by atoms with Gasteiger partial charge in [-0.25, -0.2) is 0 Å². The van der Waals surface area contributed by atoms with E-state index < -0.39 is 7.12 Å². The molecule has 15 heavy (non-hydrogen) atoms. The van der Waals surface area contributed by atoms with Gasteiger partial charge in [0.15, 0.2) is 0 Å². The largest absolute Gasteiger partial charge is 0.499 e. The van der Waals surface area contributed by atoms with E-state index in [2.05, 4.69) is 4.90 Å². The summed E-state index contributed by atoms with van der Waals surface area (Å²) in [6, 6.07) is 1.85. The van der Waals surface area contributed by atoms with Crippen molar-refractivity contribution in [2.24, 2.45) is 0 Å². The quantitative estimate of drug-likeness (QED) is 0.668. The van der Waals surface area contributed by atoms with Crippen molar-refractivity contribution in [2.45, 2.75) is 6.54 Å². The minimum atomic E-state index is -1.34. The first-order valence-electron chi connectivity index (χ1n) is 4.99. The molecule has 0 aliphatic carbocycles. The van der Waals surface area contributed by atoms with E-state index in [-0.39, 0.29) is 0 Å². The predicted octanol–water partition coefficient (Wildman–Crippen LogP) is -0.740.